The first-order chi connectivity index (χ1) is 11.1. The van der Waals surface area contributed by atoms with E-state index in [1.54, 1.807) is 19.2 Å². The minimum absolute atomic E-state index is 0.112. The Morgan fingerprint density at radius 3 is 2.33 bits per heavy atom. The molecule has 0 aromatic heterocycles. The molecule has 1 atom stereocenters. The van der Waals surface area contributed by atoms with Gasteiger partial charge in [0.1, 0.15) is 5.71 Å². The molecule has 0 spiro atoms. The molecule has 1 heterocycles. The summed E-state index contributed by atoms with van der Waals surface area (Å²) in [6.45, 7) is 1.85. The van der Waals surface area contributed by atoms with E-state index in [1.807, 2.05) is 6.92 Å². The van der Waals surface area contributed by atoms with Crippen molar-refractivity contribution in [2.24, 2.45) is 5.10 Å². The third kappa shape index (κ3) is 3.81. The maximum Gasteiger partial charge on any atom is 0.270 e. The lowest BCUT2D eigenvalue weighted by molar-refractivity contribution is -0.130. The quantitative estimate of drug-likeness (QED) is 0.816. The van der Waals surface area contributed by atoms with Crippen molar-refractivity contribution >= 4 is 27.4 Å². The minimum atomic E-state index is -3.25. The topological polar surface area (TPSA) is 87.1 Å². The summed E-state index contributed by atoms with van der Waals surface area (Å²) < 4.78 is 23.0. The number of carbonyl (C=O) groups is 2. The van der Waals surface area contributed by atoms with Crippen LogP contribution in [0.2, 0.25) is 0 Å². The number of hydrazone groups is 1. The van der Waals surface area contributed by atoms with E-state index in [4.69, 9.17) is 0 Å². The van der Waals surface area contributed by atoms with Gasteiger partial charge in [-0.3, -0.25) is 9.59 Å². The number of amides is 2. The summed E-state index contributed by atoms with van der Waals surface area (Å²) in [5, 5.41) is 5.23. The van der Waals surface area contributed by atoms with Crippen LogP contribution in [0.5, 0.6) is 0 Å². The fourth-order valence-corrected chi connectivity index (χ4v) is 3.05. The van der Waals surface area contributed by atoms with Gasteiger partial charge in [-0.1, -0.05) is 12.1 Å². The molecule has 2 amide bonds. The second kappa shape index (κ2) is 6.72. The first-order valence-electron chi connectivity index (χ1n) is 7.52. The largest absolute Gasteiger partial charge is 0.334 e. The molecule has 24 heavy (non-hydrogen) atoms. The molecule has 0 saturated carbocycles. The summed E-state index contributed by atoms with van der Waals surface area (Å²) in [5.41, 5.74) is 1.17. The molecule has 7 nitrogen and oxygen atoms in total. The Balaban J connectivity index is 2.17. The first kappa shape index (κ1) is 18.1. The fourth-order valence-electron chi connectivity index (χ4n) is 2.42. The zero-order valence-corrected chi connectivity index (χ0v) is 15.0. The maximum atomic E-state index is 12.6. The summed E-state index contributed by atoms with van der Waals surface area (Å²) in [6.07, 6.45) is 1.75. The number of hydrogen-bond acceptors (Lipinski definition) is 5. The fraction of sp³-hybridized carbons (Fsp3) is 0.438. The van der Waals surface area contributed by atoms with Crippen LogP contribution >= 0.6 is 0 Å². The lowest BCUT2D eigenvalue weighted by Crippen LogP contribution is -2.39. The third-order valence-electron chi connectivity index (χ3n) is 4.15. The highest BCUT2D eigenvalue weighted by molar-refractivity contribution is 7.90. The number of carbonyl (C=O) groups excluding carboxylic acids is 2. The van der Waals surface area contributed by atoms with Gasteiger partial charge >= 0.3 is 0 Å². The van der Waals surface area contributed by atoms with Crippen molar-refractivity contribution in [1.29, 1.82) is 0 Å². The molecule has 1 unspecified atom stereocenters. The second-order valence-electron chi connectivity index (χ2n) is 5.90. The molecule has 2 rings (SSSR count). The Bertz CT molecular complexity index is 784. The summed E-state index contributed by atoms with van der Waals surface area (Å²) >= 11 is 0. The normalized spacial score (nSPS) is 16.6. The van der Waals surface area contributed by atoms with Crippen molar-refractivity contribution in [3.8, 4) is 0 Å². The van der Waals surface area contributed by atoms with Crippen molar-refractivity contribution in [3.05, 3.63) is 29.8 Å². The van der Waals surface area contributed by atoms with E-state index < -0.39 is 9.84 Å². The van der Waals surface area contributed by atoms with Crippen molar-refractivity contribution in [2.45, 2.75) is 30.7 Å². The molecule has 0 aliphatic carbocycles. The zero-order valence-electron chi connectivity index (χ0n) is 14.2. The Labute approximate surface area is 141 Å². The van der Waals surface area contributed by atoms with E-state index in [9.17, 15) is 18.0 Å². The van der Waals surface area contributed by atoms with Crippen molar-refractivity contribution in [1.82, 2.24) is 9.91 Å². The van der Waals surface area contributed by atoms with E-state index in [1.165, 1.54) is 29.1 Å². The lowest BCUT2D eigenvalue weighted by atomic mass is 10.1. The smallest absolute Gasteiger partial charge is 0.270 e. The maximum absolute atomic E-state index is 12.6. The lowest BCUT2D eigenvalue weighted by Gasteiger charge is -2.28. The standard InChI is InChI=1S/C16H21N3O4S/c1-11(12-5-7-13(8-6-12)24(4,22)23)18(2)16(21)14-9-10-15(20)19(3)17-14/h5-8,11H,9-10H2,1-4H3. The van der Waals surface area contributed by atoms with E-state index in [0.717, 1.165) is 11.8 Å². The van der Waals surface area contributed by atoms with Crippen molar-refractivity contribution in [2.75, 3.05) is 20.4 Å². The van der Waals surface area contributed by atoms with Crippen molar-refractivity contribution < 1.29 is 18.0 Å². The first-order valence-corrected chi connectivity index (χ1v) is 9.41. The van der Waals surface area contributed by atoms with Gasteiger partial charge in [0.05, 0.1) is 10.9 Å². The third-order valence-corrected chi connectivity index (χ3v) is 5.27. The Kier molecular flexibility index (Phi) is 5.08. The number of hydrogen-bond donors (Lipinski definition) is 0. The summed E-state index contributed by atoms with van der Waals surface area (Å²) in [7, 11) is -0.0545. The highest BCUT2D eigenvalue weighted by Crippen LogP contribution is 2.22. The number of nitrogens with zero attached hydrogens (tertiary/aromatic N) is 3. The average Bonchev–Trinajstić information content (AvgIpc) is 2.54. The summed E-state index contributed by atoms with van der Waals surface area (Å²) in [5.74, 6) is -0.354. The van der Waals surface area contributed by atoms with Crippen LogP contribution in [0.25, 0.3) is 0 Å². The van der Waals surface area contributed by atoms with Gasteiger partial charge in [0.15, 0.2) is 9.84 Å². The average molecular weight is 351 g/mol. The van der Waals surface area contributed by atoms with Gasteiger partial charge < -0.3 is 4.90 Å². The molecular formula is C16H21N3O4S. The van der Waals surface area contributed by atoms with Crippen LogP contribution in [0.3, 0.4) is 0 Å². The van der Waals surface area contributed by atoms with E-state index in [2.05, 4.69) is 5.10 Å². The number of sulfone groups is 1. The van der Waals surface area contributed by atoms with Crippen LogP contribution in [-0.4, -0.2) is 56.2 Å². The Morgan fingerprint density at radius 1 is 1.25 bits per heavy atom. The minimum Gasteiger partial charge on any atom is -0.334 e. The molecule has 0 N–H and O–H groups in total. The molecule has 130 valence electrons. The molecule has 0 radical (unpaired) electrons. The molecule has 1 aromatic carbocycles. The second-order valence-corrected chi connectivity index (χ2v) is 7.91. The van der Waals surface area contributed by atoms with Crippen LogP contribution in [-0.2, 0) is 19.4 Å². The van der Waals surface area contributed by atoms with Crippen LogP contribution in [0.1, 0.15) is 31.4 Å². The van der Waals surface area contributed by atoms with Crippen LogP contribution in [0.15, 0.2) is 34.3 Å². The molecule has 1 aliphatic heterocycles. The van der Waals surface area contributed by atoms with Gasteiger partial charge in [-0.2, -0.15) is 5.10 Å². The predicted octanol–water partition coefficient (Wildman–Crippen LogP) is 1.22. The van der Waals surface area contributed by atoms with Gasteiger partial charge in [-0.05, 0) is 24.6 Å². The summed E-state index contributed by atoms with van der Waals surface area (Å²) in [6, 6.07) is 6.21. The van der Waals surface area contributed by atoms with Crippen molar-refractivity contribution in [3.63, 3.8) is 0 Å². The number of benzene rings is 1. The van der Waals surface area contributed by atoms with Gasteiger partial charge in [0.25, 0.3) is 5.91 Å². The highest BCUT2D eigenvalue weighted by atomic mass is 32.2. The van der Waals surface area contributed by atoms with Gasteiger partial charge in [-0.25, -0.2) is 13.4 Å². The SMILES string of the molecule is CC(c1ccc(S(C)(=O)=O)cc1)N(C)C(=O)C1=NN(C)C(=O)CC1. The summed E-state index contributed by atoms with van der Waals surface area (Å²) in [4.78, 5) is 25.8. The molecule has 1 aliphatic rings. The van der Waals surface area contributed by atoms with Gasteiger partial charge in [0.2, 0.25) is 5.91 Å². The Hall–Kier alpha value is -2.22. The van der Waals surface area contributed by atoms with E-state index >= 15 is 0 Å². The van der Waals surface area contributed by atoms with E-state index in [0.29, 0.717) is 12.1 Å². The highest BCUT2D eigenvalue weighted by Gasteiger charge is 2.27. The van der Waals surface area contributed by atoms with Crippen LogP contribution in [0, 0.1) is 0 Å². The molecular weight excluding hydrogens is 330 g/mol. The Morgan fingerprint density at radius 2 is 1.83 bits per heavy atom. The molecule has 1 aromatic rings. The monoisotopic (exact) mass is 351 g/mol. The molecule has 8 heteroatoms. The number of rotatable bonds is 4. The predicted molar refractivity (Wildman–Crippen MR) is 90.2 cm³/mol. The molecule has 0 saturated heterocycles. The molecule has 0 fully saturated rings. The van der Waals surface area contributed by atoms with Gasteiger partial charge in [0, 0.05) is 33.2 Å². The zero-order chi connectivity index (χ0) is 18.1. The van der Waals surface area contributed by atoms with Crippen LogP contribution < -0.4 is 0 Å². The van der Waals surface area contributed by atoms with Gasteiger partial charge in [-0.15, -0.1) is 0 Å². The molecule has 0 bridgehead atoms. The van der Waals surface area contributed by atoms with Crippen LogP contribution in [0.4, 0.5) is 0 Å². The van der Waals surface area contributed by atoms with E-state index in [-0.39, 0.29) is 29.2 Å².